The van der Waals surface area contributed by atoms with Crippen LogP contribution in [0.2, 0.25) is 0 Å². The van der Waals surface area contributed by atoms with Gasteiger partial charge in [-0.25, -0.2) is 0 Å². The second-order valence-electron chi connectivity index (χ2n) is 8.55. The molecule has 2 aliphatic rings. The molecular formula is C28H41NO4. The second-order valence-corrected chi connectivity index (χ2v) is 8.55. The maximum Gasteiger partial charge on any atom is 0.161 e. The number of rotatable bonds is 10. The largest absolute Gasteiger partial charge is 0.494 e. The highest BCUT2D eigenvalue weighted by atomic mass is 16.5. The maximum atomic E-state index is 5.93. The SMILES string of the molecule is C=C1C=C2c3cc(OC)c(OCCCOC)cc3CCN2C=C1C(=C)OCC.CCC(C)C. The van der Waals surface area contributed by atoms with Gasteiger partial charge in [-0.05, 0) is 48.6 Å². The van der Waals surface area contributed by atoms with E-state index in [2.05, 4.69) is 63.2 Å². The average molecular weight is 456 g/mol. The van der Waals surface area contributed by atoms with Crippen LogP contribution in [0.15, 0.2) is 54.5 Å². The predicted molar refractivity (Wildman–Crippen MR) is 136 cm³/mol. The zero-order valence-electron chi connectivity index (χ0n) is 21.3. The first-order valence-corrected chi connectivity index (χ1v) is 11.9. The number of fused-ring (bicyclic) bond motifs is 3. The van der Waals surface area contributed by atoms with Crippen LogP contribution in [0.4, 0.5) is 0 Å². The topological polar surface area (TPSA) is 40.2 Å². The van der Waals surface area contributed by atoms with Crippen LogP contribution >= 0.6 is 0 Å². The molecule has 0 amide bonds. The monoisotopic (exact) mass is 455 g/mol. The Morgan fingerprint density at radius 1 is 1.12 bits per heavy atom. The van der Waals surface area contributed by atoms with Crippen molar-refractivity contribution in [2.45, 2.75) is 47.0 Å². The highest BCUT2D eigenvalue weighted by molar-refractivity contribution is 5.77. The summed E-state index contributed by atoms with van der Waals surface area (Å²) in [5.41, 5.74) is 5.35. The fourth-order valence-electron chi connectivity index (χ4n) is 3.50. The Hall–Kier alpha value is -2.66. The molecule has 0 fully saturated rings. The smallest absolute Gasteiger partial charge is 0.161 e. The summed E-state index contributed by atoms with van der Waals surface area (Å²) in [6, 6.07) is 4.16. The van der Waals surface area contributed by atoms with Crippen LogP contribution in [0, 0.1) is 5.92 Å². The molecule has 0 saturated heterocycles. The van der Waals surface area contributed by atoms with Crippen molar-refractivity contribution in [1.82, 2.24) is 4.90 Å². The minimum Gasteiger partial charge on any atom is -0.494 e. The van der Waals surface area contributed by atoms with Crippen LogP contribution in [0.5, 0.6) is 11.5 Å². The zero-order valence-corrected chi connectivity index (χ0v) is 21.3. The first kappa shape index (κ1) is 26.6. The lowest BCUT2D eigenvalue weighted by atomic mass is 9.91. The van der Waals surface area contributed by atoms with Crippen molar-refractivity contribution in [2.24, 2.45) is 5.92 Å². The third-order valence-electron chi connectivity index (χ3n) is 5.72. The van der Waals surface area contributed by atoms with E-state index in [0.29, 0.717) is 25.6 Å². The minimum atomic E-state index is 0.590. The number of allylic oxidation sites excluding steroid dienone is 2. The van der Waals surface area contributed by atoms with Crippen molar-refractivity contribution in [2.75, 3.05) is 40.6 Å². The van der Waals surface area contributed by atoms with E-state index in [1.54, 1.807) is 14.2 Å². The van der Waals surface area contributed by atoms with Crippen LogP contribution in [0.3, 0.4) is 0 Å². The lowest BCUT2D eigenvalue weighted by Crippen LogP contribution is -2.28. The first-order valence-electron chi connectivity index (χ1n) is 11.9. The van der Waals surface area contributed by atoms with E-state index in [-0.39, 0.29) is 0 Å². The second kappa shape index (κ2) is 13.1. The van der Waals surface area contributed by atoms with Gasteiger partial charge < -0.3 is 23.8 Å². The molecule has 0 aliphatic carbocycles. The Labute approximate surface area is 200 Å². The Morgan fingerprint density at radius 3 is 2.45 bits per heavy atom. The highest BCUT2D eigenvalue weighted by Gasteiger charge is 2.27. The fraction of sp³-hybridized carbons (Fsp3) is 0.500. The lowest BCUT2D eigenvalue weighted by Gasteiger charge is -2.35. The van der Waals surface area contributed by atoms with Crippen LogP contribution in [0.25, 0.3) is 5.70 Å². The van der Waals surface area contributed by atoms with E-state index in [0.717, 1.165) is 59.2 Å². The molecule has 0 unspecified atom stereocenters. The number of hydrogen-bond acceptors (Lipinski definition) is 5. The number of methoxy groups -OCH3 is 2. The third-order valence-corrected chi connectivity index (χ3v) is 5.72. The van der Waals surface area contributed by atoms with Crippen molar-refractivity contribution in [3.05, 3.63) is 65.6 Å². The molecule has 0 saturated carbocycles. The van der Waals surface area contributed by atoms with Gasteiger partial charge in [0.15, 0.2) is 11.5 Å². The van der Waals surface area contributed by atoms with Crippen LogP contribution < -0.4 is 9.47 Å². The predicted octanol–water partition coefficient (Wildman–Crippen LogP) is 6.37. The van der Waals surface area contributed by atoms with E-state index in [9.17, 15) is 0 Å². The molecule has 0 spiro atoms. The molecule has 33 heavy (non-hydrogen) atoms. The van der Waals surface area contributed by atoms with Crippen molar-refractivity contribution in [3.63, 3.8) is 0 Å². The maximum absolute atomic E-state index is 5.93. The molecule has 0 N–H and O–H groups in total. The van der Waals surface area contributed by atoms with Gasteiger partial charge >= 0.3 is 0 Å². The van der Waals surface area contributed by atoms with E-state index < -0.39 is 0 Å². The molecule has 182 valence electrons. The Morgan fingerprint density at radius 2 is 1.85 bits per heavy atom. The number of nitrogens with zero attached hydrogens (tertiary/aromatic N) is 1. The molecule has 3 rings (SSSR count). The lowest BCUT2D eigenvalue weighted by molar-refractivity contribution is 0.170. The summed E-state index contributed by atoms with van der Waals surface area (Å²) in [5.74, 6) is 3.06. The quantitative estimate of drug-likeness (QED) is 0.303. The third kappa shape index (κ3) is 7.16. The molecule has 2 aliphatic heterocycles. The van der Waals surface area contributed by atoms with Gasteiger partial charge in [0.2, 0.25) is 0 Å². The average Bonchev–Trinajstić information content (AvgIpc) is 2.81. The number of hydrogen-bond donors (Lipinski definition) is 0. The van der Waals surface area contributed by atoms with E-state index in [1.807, 2.05) is 6.92 Å². The Balaban J connectivity index is 0.000000696. The summed E-state index contributed by atoms with van der Waals surface area (Å²) in [7, 11) is 3.36. The molecule has 5 nitrogen and oxygen atoms in total. The van der Waals surface area contributed by atoms with Gasteiger partial charge in [0.25, 0.3) is 0 Å². The molecule has 2 heterocycles. The van der Waals surface area contributed by atoms with E-state index in [1.165, 1.54) is 12.0 Å². The van der Waals surface area contributed by atoms with Gasteiger partial charge in [0.1, 0.15) is 5.76 Å². The van der Waals surface area contributed by atoms with E-state index >= 15 is 0 Å². The Bertz CT molecular complexity index is 882. The zero-order chi connectivity index (χ0) is 24.4. The van der Waals surface area contributed by atoms with Crippen molar-refractivity contribution in [3.8, 4) is 11.5 Å². The Kier molecular flexibility index (Phi) is 10.6. The summed E-state index contributed by atoms with van der Waals surface area (Å²) < 4.78 is 22.2. The summed E-state index contributed by atoms with van der Waals surface area (Å²) in [6.07, 6.45) is 7.24. The summed E-state index contributed by atoms with van der Waals surface area (Å²) in [5, 5.41) is 0. The summed E-state index contributed by atoms with van der Waals surface area (Å²) in [6.45, 7) is 19.6. The van der Waals surface area contributed by atoms with Gasteiger partial charge in [-0.15, -0.1) is 0 Å². The normalized spacial score (nSPS) is 14.4. The molecular weight excluding hydrogens is 414 g/mol. The summed E-state index contributed by atoms with van der Waals surface area (Å²) >= 11 is 0. The standard InChI is InChI=1S/C23H29NO4.C5H12/c1-6-27-17(3)20-15-24-9-8-18-13-23(28-11-7-10-25-4)22(26-5)14-19(18)21(24)12-16(20)2;1-4-5(2)3/h12-15H,2-3,6-11H2,1,4-5H3;5H,4H2,1-3H3. The van der Waals surface area contributed by atoms with Crippen molar-refractivity contribution >= 4 is 5.70 Å². The first-order chi connectivity index (χ1) is 15.9. The number of benzene rings is 1. The molecule has 1 aromatic rings. The summed E-state index contributed by atoms with van der Waals surface area (Å²) in [4.78, 5) is 2.23. The van der Waals surface area contributed by atoms with Crippen LogP contribution in [0.1, 0.15) is 51.7 Å². The number of ether oxygens (including phenoxy) is 4. The van der Waals surface area contributed by atoms with Crippen LogP contribution in [-0.4, -0.2) is 45.5 Å². The van der Waals surface area contributed by atoms with E-state index in [4.69, 9.17) is 18.9 Å². The van der Waals surface area contributed by atoms with Crippen molar-refractivity contribution in [1.29, 1.82) is 0 Å². The molecule has 0 aromatic heterocycles. The molecule has 1 aromatic carbocycles. The van der Waals surface area contributed by atoms with Crippen LogP contribution in [-0.2, 0) is 15.9 Å². The van der Waals surface area contributed by atoms with Crippen molar-refractivity contribution < 1.29 is 18.9 Å². The highest BCUT2D eigenvalue weighted by Crippen LogP contribution is 2.41. The molecule has 0 bridgehead atoms. The fourth-order valence-corrected chi connectivity index (χ4v) is 3.50. The van der Waals surface area contributed by atoms with Gasteiger partial charge in [0, 0.05) is 49.7 Å². The van der Waals surface area contributed by atoms with Gasteiger partial charge in [-0.1, -0.05) is 40.3 Å². The van der Waals surface area contributed by atoms with Gasteiger partial charge in [-0.2, -0.15) is 0 Å². The van der Waals surface area contributed by atoms with Gasteiger partial charge in [0.05, 0.1) is 20.3 Å². The molecule has 5 heteroatoms. The molecule has 0 atom stereocenters. The van der Waals surface area contributed by atoms with Gasteiger partial charge in [-0.3, -0.25) is 0 Å². The minimum absolute atomic E-state index is 0.590. The molecule has 0 radical (unpaired) electrons.